The van der Waals surface area contributed by atoms with Crippen LogP contribution in [0.3, 0.4) is 0 Å². The van der Waals surface area contributed by atoms with Crippen molar-refractivity contribution >= 4 is 29.9 Å². The van der Waals surface area contributed by atoms with Gasteiger partial charge in [-0.2, -0.15) is 0 Å². The predicted octanol–water partition coefficient (Wildman–Crippen LogP) is 4.23. The zero-order valence-corrected chi connectivity index (χ0v) is 20.6. The summed E-state index contributed by atoms with van der Waals surface area (Å²) < 4.78 is 6.09. The predicted molar refractivity (Wildman–Crippen MR) is 130 cm³/mol. The summed E-state index contributed by atoms with van der Waals surface area (Å²) in [5, 5.41) is 3.55. The van der Waals surface area contributed by atoms with Crippen molar-refractivity contribution < 1.29 is 4.74 Å². The average Bonchev–Trinajstić information content (AvgIpc) is 2.66. The molecule has 1 aliphatic heterocycles. The number of guanidine groups is 1. The van der Waals surface area contributed by atoms with Crippen LogP contribution < -0.4 is 10.1 Å². The maximum Gasteiger partial charge on any atom is 0.193 e. The lowest BCUT2D eigenvalue weighted by Gasteiger charge is -2.34. The molecule has 0 atom stereocenters. The molecule has 5 nitrogen and oxygen atoms in total. The van der Waals surface area contributed by atoms with Crippen LogP contribution in [0.2, 0.25) is 0 Å². The minimum absolute atomic E-state index is 0. The fraction of sp³-hybridized carbons (Fsp3) is 0.682. The molecule has 160 valence electrons. The third-order valence-corrected chi connectivity index (χ3v) is 5.20. The third kappa shape index (κ3) is 8.15. The molecule has 0 bridgehead atoms. The summed E-state index contributed by atoms with van der Waals surface area (Å²) in [6.07, 6.45) is 3.49. The Morgan fingerprint density at radius 3 is 2.29 bits per heavy atom. The Morgan fingerprint density at radius 2 is 1.75 bits per heavy atom. The third-order valence-electron chi connectivity index (χ3n) is 5.20. The minimum Gasteiger partial charge on any atom is -0.490 e. The van der Waals surface area contributed by atoms with E-state index in [4.69, 9.17) is 4.74 Å². The lowest BCUT2D eigenvalue weighted by Crippen LogP contribution is -2.48. The van der Waals surface area contributed by atoms with Crippen LogP contribution in [0.5, 0.6) is 5.75 Å². The second kappa shape index (κ2) is 13.2. The van der Waals surface area contributed by atoms with Crippen molar-refractivity contribution in [3.05, 3.63) is 30.3 Å². The van der Waals surface area contributed by atoms with Gasteiger partial charge in [0.2, 0.25) is 0 Å². The Labute approximate surface area is 188 Å². The zero-order chi connectivity index (χ0) is 19.6. The topological polar surface area (TPSA) is 40.1 Å². The summed E-state index contributed by atoms with van der Waals surface area (Å²) in [5.74, 6) is 1.99. The van der Waals surface area contributed by atoms with Gasteiger partial charge >= 0.3 is 0 Å². The van der Waals surface area contributed by atoms with Crippen LogP contribution in [-0.2, 0) is 0 Å². The maximum atomic E-state index is 6.09. The molecule has 0 amide bonds. The Morgan fingerprint density at radius 1 is 1.14 bits per heavy atom. The molecule has 0 radical (unpaired) electrons. The van der Waals surface area contributed by atoms with Gasteiger partial charge in [-0.15, -0.1) is 24.0 Å². The summed E-state index contributed by atoms with van der Waals surface area (Å²) in [5.41, 5.74) is 0. The Bertz CT molecular complexity index is 549. The van der Waals surface area contributed by atoms with Gasteiger partial charge in [-0.25, -0.2) is 0 Å². The average molecular weight is 502 g/mol. The zero-order valence-electron chi connectivity index (χ0n) is 18.2. The van der Waals surface area contributed by atoms with E-state index in [2.05, 4.69) is 47.8 Å². The van der Waals surface area contributed by atoms with Gasteiger partial charge in [0.15, 0.2) is 5.96 Å². The molecule has 1 aromatic rings. The van der Waals surface area contributed by atoms with Crippen molar-refractivity contribution in [1.82, 2.24) is 15.1 Å². The highest BCUT2D eigenvalue weighted by Crippen LogP contribution is 2.18. The van der Waals surface area contributed by atoms with Crippen molar-refractivity contribution in [3.63, 3.8) is 0 Å². The summed E-state index contributed by atoms with van der Waals surface area (Å²) >= 11 is 0. The molecular formula is C22H39IN4O. The standard InChI is InChI=1S/C22H38N4O.HI/c1-18(2)26(19(3)4)15-9-14-24-22(23-5)25-16-12-21(13-17-25)27-20-10-7-6-8-11-20;/h6-8,10-11,18-19,21H,9,12-17H2,1-5H3,(H,23,24);1H. The lowest BCUT2D eigenvalue weighted by atomic mass is 10.1. The van der Waals surface area contributed by atoms with Gasteiger partial charge in [0.05, 0.1) is 0 Å². The number of nitrogens with one attached hydrogen (secondary N) is 1. The van der Waals surface area contributed by atoms with E-state index in [0.717, 1.165) is 57.2 Å². The molecule has 2 rings (SSSR count). The first-order valence-electron chi connectivity index (χ1n) is 10.4. The molecule has 0 aliphatic carbocycles. The fourth-order valence-corrected chi connectivity index (χ4v) is 3.78. The minimum atomic E-state index is 0. The number of nitrogens with zero attached hydrogens (tertiary/aromatic N) is 3. The Hall–Kier alpha value is -1.02. The van der Waals surface area contributed by atoms with E-state index in [0.29, 0.717) is 18.2 Å². The molecule has 0 spiro atoms. The smallest absolute Gasteiger partial charge is 0.193 e. The number of benzene rings is 1. The number of para-hydroxylation sites is 1. The van der Waals surface area contributed by atoms with Crippen LogP contribution in [0.4, 0.5) is 0 Å². The van der Waals surface area contributed by atoms with Crippen LogP contribution in [0, 0.1) is 0 Å². The van der Waals surface area contributed by atoms with Crippen LogP contribution in [0.1, 0.15) is 47.0 Å². The highest BCUT2D eigenvalue weighted by atomic mass is 127. The second-order valence-electron chi connectivity index (χ2n) is 7.87. The first-order chi connectivity index (χ1) is 13.0. The van der Waals surface area contributed by atoms with Gasteiger partial charge in [-0.1, -0.05) is 18.2 Å². The number of ether oxygens (including phenoxy) is 1. The monoisotopic (exact) mass is 502 g/mol. The van der Waals surface area contributed by atoms with E-state index in [1.165, 1.54) is 0 Å². The van der Waals surface area contributed by atoms with Crippen molar-refractivity contribution in [2.24, 2.45) is 4.99 Å². The van der Waals surface area contributed by atoms with Crippen LogP contribution >= 0.6 is 24.0 Å². The molecule has 1 aromatic carbocycles. The largest absolute Gasteiger partial charge is 0.490 e. The van der Waals surface area contributed by atoms with Crippen molar-refractivity contribution in [3.8, 4) is 5.75 Å². The molecule has 6 heteroatoms. The molecule has 1 fully saturated rings. The molecular weight excluding hydrogens is 463 g/mol. The van der Waals surface area contributed by atoms with E-state index >= 15 is 0 Å². The van der Waals surface area contributed by atoms with Crippen molar-refractivity contribution in [2.75, 3.05) is 33.2 Å². The van der Waals surface area contributed by atoms with Crippen molar-refractivity contribution in [2.45, 2.75) is 65.1 Å². The van der Waals surface area contributed by atoms with Gasteiger partial charge < -0.3 is 15.0 Å². The van der Waals surface area contributed by atoms with E-state index < -0.39 is 0 Å². The lowest BCUT2D eigenvalue weighted by molar-refractivity contribution is 0.129. The molecule has 28 heavy (non-hydrogen) atoms. The summed E-state index contributed by atoms with van der Waals surface area (Å²) in [6.45, 7) is 13.1. The number of hydrogen-bond donors (Lipinski definition) is 1. The molecule has 1 heterocycles. The number of aliphatic imine (C=N–C) groups is 1. The van der Waals surface area contributed by atoms with Gasteiger partial charge in [-0.05, 0) is 46.2 Å². The molecule has 1 aliphatic rings. The fourth-order valence-electron chi connectivity index (χ4n) is 3.78. The molecule has 1 saturated heterocycles. The summed E-state index contributed by atoms with van der Waals surface area (Å²) in [7, 11) is 1.88. The maximum absolute atomic E-state index is 6.09. The first-order valence-corrected chi connectivity index (χ1v) is 10.4. The van der Waals surface area contributed by atoms with Gasteiger partial charge in [-0.3, -0.25) is 9.89 Å². The molecule has 0 unspecified atom stereocenters. The molecule has 1 N–H and O–H groups in total. The number of likely N-dealkylation sites (tertiary alicyclic amines) is 1. The normalized spacial score (nSPS) is 15.9. The van der Waals surface area contributed by atoms with E-state index in [-0.39, 0.29) is 24.0 Å². The van der Waals surface area contributed by atoms with Crippen LogP contribution in [-0.4, -0.2) is 67.2 Å². The highest BCUT2D eigenvalue weighted by Gasteiger charge is 2.22. The van der Waals surface area contributed by atoms with Gasteiger partial charge in [0.1, 0.15) is 11.9 Å². The van der Waals surface area contributed by atoms with Crippen LogP contribution in [0.15, 0.2) is 35.3 Å². The summed E-state index contributed by atoms with van der Waals surface area (Å²) in [4.78, 5) is 9.38. The Balaban J connectivity index is 0.00000392. The quantitative estimate of drug-likeness (QED) is 0.250. The van der Waals surface area contributed by atoms with E-state index in [1.807, 2.05) is 37.4 Å². The number of halogens is 1. The van der Waals surface area contributed by atoms with E-state index in [9.17, 15) is 0 Å². The van der Waals surface area contributed by atoms with E-state index in [1.54, 1.807) is 0 Å². The summed E-state index contributed by atoms with van der Waals surface area (Å²) in [6, 6.07) is 11.3. The molecule has 0 aromatic heterocycles. The number of piperidine rings is 1. The Kier molecular flexibility index (Phi) is 11.8. The van der Waals surface area contributed by atoms with Gasteiger partial charge in [0.25, 0.3) is 0 Å². The number of hydrogen-bond acceptors (Lipinski definition) is 3. The van der Waals surface area contributed by atoms with Crippen LogP contribution in [0.25, 0.3) is 0 Å². The number of rotatable bonds is 8. The second-order valence-corrected chi connectivity index (χ2v) is 7.87. The SMILES string of the molecule is CN=C(NCCCN(C(C)C)C(C)C)N1CCC(Oc2ccccc2)CC1.I. The first kappa shape index (κ1) is 25.0. The molecule has 0 saturated carbocycles. The van der Waals surface area contributed by atoms with Crippen molar-refractivity contribution in [1.29, 1.82) is 0 Å². The van der Waals surface area contributed by atoms with Gasteiger partial charge in [0, 0.05) is 58.2 Å². The highest BCUT2D eigenvalue weighted by molar-refractivity contribution is 14.0.